The number of hydrogen-bond acceptors (Lipinski definition) is 4. The van der Waals surface area contributed by atoms with Gasteiger partial charge in [0.05, 0.1) is 23.8 Å². The summed E-state index contributed by atoms with van der Waals surface area (Å²) < 4.78 is 11.2. The zero-order valence-electron chi connectivity index (χ0n) is 10.9. The highest BCUT2D eigenvalue weighted by Gasteiger charge is 2.25. The van der Waals surface area contributed by atoms with E-state index in [1.807, 2.05) is 6.07 Å². The largest absolute Gasteiger partial charge is 0.493 e. The molecule has 102 valence electrons. The molecule has 2 atom stereocenters. The zero-order chi connectivity index (χ0) is 13.8. The van der Waals surface area contributed by atoms with E-state index < -0.39 is 0 Å². The molecule has 1 aliphatic carbocycles. The average molecular weight is 281 g/mol. The van der Waals surface area contributed by atoms with E-state index in [2.05, 4.69) is 0 Å². The van der Waals surface area contributed by atoms with Crippen LogP contribution in [0.1, 0.15) is 31.2 Å². The van der Waals surface area contributed by atoms with Crippen LogP contribution in [0.5, 0.6) is 11.5 Å². The van der Waals surface area contributed by atoms with Gasteiger partial charge >= 0.3 is 0 Å². The molecule has 2 N–H and O–H groups in total. The number of halogens is 1. The average Bonchev–Trinajstić information content (AvgIpc) is 2.42. The van der Waals surface area contributed by atoms with Crippen molar-refractivity contribution in [3.8, 4) is 17.6 Å². The van der Waals surface area contributed by atoms with Crippen molar-refractivity contribution in [3.05, 3.63) is 22.7 Å². The third-order valence-electron chi connectivity index (χ3n) is 3.38. The molecule has 0 spiro atoms. The highest BCUT2D eigenvalue weighted by Crippen LogP contribution is 2.38. The van der Waals surface area contributed by atoms with Crippen LogP contribution in [0.25, 0.3) is 0 Å². The fourth-order valence-corrected chi connectivity index (χ4v) is 2.58. The Hall–Kier alpha value is -1.44. The molecule has 2 rings (SSSR count). The lowest BCUT2D eigenvalue weighted by Gasteiger charge is -2.30. The van der Waals surface area contributed by atoms with Crippen LogP contribution in [0.2, 0.25) is 5.02 Å². The molecule has 1 saturated carbocycles. The minimum atomic E-state index is -0.0481. The molecule has 0 amide bonds. The maximum absolute atomic E-state index is 8.91. The number of rotatable bonds is 3. The number of nitrogens with two attached hydrogens (primary N) is 1. The van der Waals surface area contributed by atoms with Gasteiger partial charge in [0.1, 0.15) is 6.10 Å². The molecule has 0 saturated heterocycles. The molecule has 0 aromatic heterocycles. The van der Waals surface area contributed by atoms with Crippen LogP contribution in [0, 0.1) is 11.3 Å². The lowest BCUT2D eigenvalue weighted by atomic mass is 9.93. The maximum Gasteiger partial charge on any atom is 0.180 e. The van der Waals surface area contributed by atoms with Crippen molar-refractivity contribution in [2.45, 2.75) is 37.8 Å². The molecule has 0 radical (unpaired) electrons. The first-order chi connectivity index (χ1) is 9.15. The molecule has 1 fully saturated rings. The smallest absolute Gasteiger partial charge is 0.180 e. The summed E-state index contributed by atoms with van der Waals surface area (Å²) in [6, 6.07) is 5.25. The van der Waals surface area contributed by atoms with Crippen molar-refractivity contribution < 1.29 is 9.47 Å². The fourth-order valence-electron chi connectivity index (χ4n) is 2.32. The van der Waals surface area contributed by atoms with Crippen molar-refractivity contribution in [2.24, 2.45) is 5.73 Å². The molecule has 1 aromatic carbocycles. The van der Waals surface area contributed by atoms with Crippen LogP contribution in [0.15, 0.2) is 12.1 Å². The summed E-state index contributed by atoms with van der Waals surface area (Å²) in [5, 5.41) is 9.29. The van der Waals surface area contributed by atoms with E-state index >= 15 is 0 Å². The third-order valence-corrected chi connectivity index (χ3v) is 3.66. The van der Waals surface area contributed by atoms with E-state index in [1.54, 1.807) is 12.1 Å². The van der Waals surface area contributed by atoms with Gasteiger partial charge in [-0.15, -0.1) is 0 Å². The van der Waals surface area contributed by atoms with Gasteiger partial charge in [-0.25, -0.2) is 0 Å². The summed E-state index contributed by atoms with van der Waals surface area (Å²) in [5.74, 6) is 0.951. The van der Waals surface area contributed by atoms with Gasteiger partial charge in [0.25, 0.3) is 0 Å². The number of methoxy groups -OCH3 is 1. The maximum atomic E-state index is 8.91. The number of ether oxygens (including phenoxy) is 2. The van der Waals surface area contributed by atoms with Gasteiger partial charge in [-0.1, -0.05) is 18.0 Å². The van der Waals surface area contributed by atoms with Crippen LogP contribution in [-0.2, 0) is 0 Å². The van der Waals surface area contributed by atoms with Crippen molar-refractivity contribution in [1.29, 1.82) is 5.26 Å². The topological polar surface area (TPSA) is 68.3 Å². The second-order valence-electron chi connectivity index (χ2n) is 4.71. The van der Waals surface area contributed by atoms with E-state index in [1.165, 1.54) is 7.11 Å². The van der Waals surface area contributed by atoms with Crippen LogP contribution in [0.3, 0.4) is 0 Å². The Balaban J connectivity index is 2.26. The van der Waals surface area contributed by atoms with Gasteiger partial charge in [0.15, 0.2) is 11.5 Å². The van der Waals surface area contributed by atoms with Crippen molar-refractivity contribution >= 4 is 11.6 Å². The summed E-state index contributed by atoms with van der Waals surface area (Å²) in [6.45, 7) is 0. The Morgan fingerprint density at radius 3 is 2.74 bits per heavy atom. The fraction of sp³-hybridized carbons (Fsp3) is 0.500. The third kappa shape index (κ3) is 3.12. The van der Waals surface area contributed by atoms with Crippen LogP contribution < -0.4 is 15.2 Å². The monoisotopic (exact) mass is 280 g/mol. The molecule has 0 aliphatic heterocycles. The summed E-state index contributed by atoms with van der Waals surface area (Å²) in [4.78, 5) is 0. The molecular weight excluding hydrogens is 264 g/mol. The zero-order valence-corrected chi connectivity index (χ0v) is 11.6. The molecule has 4 nitrogen and oxygen atoms in total. The first-order valence-electron chi connectivity index (χ1n) is 6.35. The molecule has 1 aliphatic rings. The molecule has 2 unspecified atom stereocenters. The highest BCUT2D eigenvalue weighted by atomic mass is 35.5. The lowest BCUT2D eigenvalue weighted by Crippen LogP contribution is -2.41. The molecule has 1 aromatic rings. The lowest BCUT2D eigenvalue weighted by molar-refractivity contribution is 0.128. The Labute approximate surface area is 118 Å². The van der Waals surface area contributed by atoms with Gasteiger partial charge < -0.3 is 15.2 Å². The number of benzene rings is 1. The Kier molecular flexibility index (Phi) is 4.52. The van der Waals surface area contributed by atoms with Crippen molar-refractivity contribution in [3.63, 3.8) is 0 Å². The van der Waals surface area contributed by atoms with E-state index in [4.69, 9.17) is 32.1 Å². The van der Waals surface area contributed by atoms with Crippen molar-refractivity contribution in [1.82, 2.24) is 0 Å². The first kappa shape index (κ1) is 14.0. The van der Waals surface area contributed by atoms with Gasteiger partial charge in [0, 0.05) is 12.1 Å². The van der Waals surface area contributed by atoms with Crippen LogP contribution >= 0.6 is 11.6 Å². The summed E-state index contributed by atoms with van der Waals surface area (Å²) in [7, 11) is 1.53. The van der Waals surface area contributed by atoms with E-state index in [-0.39, 0.29) is 12.1 Å². The second-order valence-corrected chi connectivity index (χ2v) is 5.11. The first-order valence-corrected chi connectivity index (χ1v) is 6.73. The molecule has 19 heavy (non-hydrogen) atoms. The number of nitriles is 1. The summed E-state index contributed by atoms with van der Waals surface area (Å²) in [5.41, 5.74) is 6.51. The predicted molar refractivity (Wildman–Crippen MR) is 73.6 cm³/mol. The van der Waals surface area contributed by atoms with Gasteiger partial charge in [-0.3, -0.25) is 0 Å². The summed E-state index contributed by atoms with van der Waals surface area (Å²) in [6.07, 6.45) is 4.07. The Morgan fingerprint density at radius 2 is 2.11 bits per heavy atom. The van der Waals surface area contributed by atoms with Gasteiger partial charge in [-0.05, 0) is 25.3 Å². The Bertz CT molecular complexity index is 499. The molecular formula is C14H17ClN2O2. The quantitative estimate of drug-likeness (QED) is 0.924. The molecule has 0 heterocycles. The minimum Gasteiger partial charge on any atom is -0.493 e. The van der Waals surface area contributed by atoms with E-state index in [9.17, 15) is 0 Å². The van der Waals surface area contributed by atoms with E-state index in [0.717, 1.165) is 25.7 Å². The van der Waals surface area contributed by atoms with E-state index in [0.29, 0.717) is 22.1 Å². The normalized spacial score (nSPS) is 22.6. The predicted octanol–water partition coefficient (Wildman–Crippen LogP) is 2.87. The van der Waals surface area contributed by atoms with Gasteiger partial charge in [-0.2, -0.15) is 5.26 Å². The van der Waals surface area contributed by atoms with Crippen molar-refractivity contribution in [2.75, 3.05) is 7.11 Å². The highest BCUT2D eigenvalue weighted by molar-refractivity contribution is 6.32. The van der Waals surface area contributed by atoms with Crippen LogP contribution in [0.4, 0.5) is 0 Å². The standard InChI is InChI=1S/C14H17ClN2O2/c1-18-13-7-9(8-16)6-10(15)14(13)19-12-5-3-2-4-11(12)17/h6-7,11-12H,2-5,17H2,1H3. The summed E-state index contributed by atoms with van der Waals surface area (Å²) >= 11 is 6.16. The van der Waals surface area contributed by atoms with Gasteiger partial charge in [0.2, 0.25) is 0 Å². The van der Waals surface area contributed by atoms with Crippen LogP contribution in [-0.4, -0.2) is 19.3 Å². The Morgan fingerprint density at radius 1 is 1.37 bits per heavy atom. The molecule has 5 heteroatoms. The number of nitrogens with zero attached hydrogens (tertiary/aromatic N) is 1. The minimum absolute atomic E-state index is 0.0187. The number of hydrogen-bond donors (Lipinski definition) is 1. The molecule has 0 bridgehead atoms. The SMILES string of the molecule is COc1cc(C#N)cc(Cl)c1OC1CCCCC1N. The second kappa shape index (κ2) is 6.14.